The Morgan fingerprint density at radius 3 is 2.06 bits per heavy atom. The fourth-order valence-electron chi connectivity index (χ4n) is 2.78. The number of morpholine rings is 2. The minimum atomic E-state index is -0.581. The van der Waals surface area contributed by atoms with Crippen LogP contribution in [0.5, 0.6) is 0 Å². The van der Waals surface area contributed by atoms with E-state index in [4.69, 9.17) is 32.7 Å². The van der Waals surface area contributed by atoms with Crippen molar-refractivity contribution in [2.75, 3.05) is 57.5 Å². The number of nitrogens with one attached hydrogen (secondary N) is 1. The standard InChI is InChI=1S/C11H12ClNO2.C7H4ClFO.C4H9NO/c12-10-5-9(8-14)6-11(7-10)13-1-3-15-4-2-13;8-6-2-1-5(4-10)7(9)3-6;1-3-6-4-2-5-1/h5-8H,1-4H2;1-4H;5H,1-4H2. The van der Waals surface area contributed by atoms with E-state index >= 15 is 0 Å². The summed E-state index contributed by atoms with van der Waals surface area (Å²) in [5.74, 6) is -0.581. The van der Waals surface area contributed by atoms with Crippen LogP contribution < -0.4 is 10.2 Å². The number of hydrogen-bond acceptors (Lipinski definition) is 6. The van der Waals surface area contributed by atoms with E-state index in [0.29, 0.717) is 21.9 Å². The van der Waals surface area contributed by atoms with Crippen molar-refractivity contribution < 1.29 is 23.5 Å². The summed E-state index contributed by atoms with van der Waals surface area (Å²) < 4.78 is 22.8. The lowest BCUT2D eigenvalue weighted by atomic mass is 10.2. The molecule has 31 heavy (non-hydrogen) atoms. The lowest BCUT2D eigenvalue weighted by Gasteiger charge is -2.29. The van der Waals surface area contributed by atoms with Gasteiger partial charge in [0.25, 0.3) is 0 Å². The maximum atomic E-state index is 12.5. The topological polar surface area (TPSA) is 67.9 Å². The molecule has 2 aliphatic heterocycles. The summed E-state index contributed by atoms with van der Waals surface area (Å²) >= 11 is 11.3. The number of benzene rings is 2. The highest BCUT2D eigenvalue weighted by Gasteiger charge is 2.12. The molecule has 0 saturated carbocycles. The van der Waals surface area contributed by atoms with E-state index in [1.807, 2.05) is 12.1 Å². The fourth-order valence-corrected chi connectivity index (χ4v) is 3.18. The minimum Gasteiger partial charge on any atom is -0.379 e. The molecule has 1 N–H and O–H groups in total. The molecule has 0 radical (unpaired) electrons. The number of nitrogens with zero attached hydrogens (tertiary/aromatic N) is 1. The molecule has 0 bridgehead atoms. The number of rotatable bonds is 3. The van der Waals surface area contributed by atoms with Crippen LogP contribution in [0.25, 0.3) is 0 Å². The van der Waals surface area contributed by atoms with E-state index < -0.39 is 5.82 Å². The van der Waals surface area contributed by atoms with Crippen molar-refractivity contribution in [3.8, 4) is 0 Å². The number of carbonyl (C=O) groups is 2. The smallest absolute Gasteiger partial charge is 0.152 e. The molecule has 4 rings (SSSR count). The largest absolute Gasteiger partial charge is 0.379 e. The SMILES string of the molecule is C1COCCN1.O=Cc1cc(Cl)cc(N2CCOCC2)c1.O=Cc1ccc(Cl)cc1F. The molecule has 2 aromatic rings. The molecule has 0 aliphatic carbocycles. The summed E-state index contributed by atoms with van der Waals surface area (Å²) in [5.41, 5.74) is 1.64. The normalized spacial score (nSPS) is 15.6. The van der Waals surface area contributed by atoms with E-state index in [-0.39, 0.29) is 5.56 Å². The first-order valence-corrected chi connectivity index (χ1v) is 10.6. The first-order chi connectivity index (χ1) is 15.0. The van der Waals surface area contributed by atoms with Crippen LogP contribution in [-0.2, 0) is 9.47 Å². The second-order valence-electron chi connectivity index (χ2n) is 6.61. The molecule has 0 amide bonds. The second-order valence-corrected chi connectivity index (χ2v) is 7.48. The maximum Gasteiger partial charge on any atom is 0.152 e. The van der Waals surface area contributed by atoms with Gasteiger partial charge in [0.05, 0.1) is 32.0 Å². The zero-order chi connectivity index (χ0) is 22.5. The van der Waals surface area contributed by atoms with Crippen LogP contribution in [0, 0.1) is 5.82 Å². The molecule has 6 nitrogen and oxygen atoms in total. The first-order valence-electron chi connectivity index (χ1n) is 9.80. The molecule has 2 fully saturated rings. The van der Waals surface area contributed by atoms with Gasteiger partial charge < -0.3 is 19.7 Å². The molecule has 2 saturated heterocycles. The Hall–Kier alpha value is -2.03. The average molecular weight is 471 g/mol. The Morgan fingerprint density at radius 2 is 1.55 bits per heavy atom. The maximum absolute atomic E-state index is 12.5. The lowest BCUT2D eigenvalue weighted by molar-refractivity contribution is 0.109. The molecule has 0 unspecified atom stereocenters. The monoisotopic (exact) mass is 470 g/mol. The highest BCUT2D eigenvalue weighted by Crippen LogP contribution is 2.22. The van der Waals surface area contributed by atoms with Crippen LogP contribution in [0.4, 0.5) is 10.1 Å². The Balaban J connectivity index is 0.000000183. The van der Waals surface area contributed by atoms with E-state index in [0.717, 1.165) is 70.6 Å². The van der Waals surface area contributed by atoms with Crippen LogP contribution >= 0.6 is 23.2 Å². The molecule has 0 aromatic heterocycles. The summed E-state index contributed by atoms with van der Waals surface area (Å²) in [6.45, 7) is 6.98. The first kappa shape index (κ1) is 25.2. The van der Waals surface area contributed by atoms with Gasteiger partial charge in [0.1, 0.15) is 12.1 Å². The molecule has 0 spiro atoms. The van der Waals surface area contributed by atoms with Crippen molar-refractivity contribution in [2.24, 2.45) is 0 Å². The van der Waals surface area contributed by atoms with Crippen LogP contribution in [-0.4, -0.2) is 65.2 Å². The molecule has 168 valence electrons. The molecule has 2 heterocycles. The number of halogens is 3. The molecule has 2 aromatic carbocycles. The van der Waals surface area contributed by atoms with Gasteiger partial charge in [-0.2, -0.15) is 0 Å². The van der Waals surface area contributed by atoms with Gasteiger partial charge in [0, 0.05) is 47.5 Å². The van der Waals surface area contributed by atoms with E-state index in [9.17, 15) is 14.0 Å². The summed E-state index contributed by atoms with van der Waals surface area (Å²) in [7, 11) is 0. The summed E-state index contributed by atoms with van der Waals surface area (Å²) in [5, 5.41) is 4.05. The van der Waals surface area contributed by atoms with Crippen LogP contribution in [0.2, 0.25) is 10.0 Å². The summed E-state index contributed by atoms with van der Waals surface area (Å²) in [4.78, 5) is 22.9. The van der Waals surface area contributed by atoms with Gasteiger partial charge >= 0.3 is 0 Å². The molecular formula is C22H25Cl2FN2O4. The predicted octanol–water partition coefficient (Wildman–Crippen LogP) is 3.89. The number of anilines is 1. The van der Waals surface area contributed by atoms with Crippen LogP contribution in [0.15, 0.2) is 36.4 Å². The fraction of sp³-hybridized carbons (Fsp3) is 0.364. The molecule has 9 heteroatoms. The van der Waals surface area contributed by atoms with E-state index in [2.05, 4.69) is 10.2 Å². The summed E-state index contributed by atoms with van der Waals surface area (Å²) in [6, 6.07) is 9.30. The Bertz CT molecular complexity index is 833. The number of hydrogen-bond donors (Lipinski definition) is 1. The number of carbonyl (C=O) groups excluding carboxylic acids is 2. The molecule has 2 aliphatic rings. The van der Waals surface area contributed by atoms with E-state index in [1.54, 1.807) is 6.07 Å². The molecule has 0 atom stereocenters. The van der Waals surface area contributed by atoms with Crippen molar-refractivity contribution >= 4 is 41.5 Å². The van der Waals surface area contributed by atoms with Gasteiger partial charge in [-0.3, -0.25) is 9.59 Å². The molecular weight excluding hydrogens is 446 g/mol. The third kappa shape index (κ3) is 9.33. The minimum absolute atomic E-state index is 0.0319. The van der Waals surface area contributed by atoms with Crippen LogP contribution in [0.1, 0.15) is 20.7 Å². The second kappa shape index (κ2) is 14.1. The summed E-state index contributed by atoms with van der Waals surface area (Å²) in [6.07, 6.45) is 1.27. The number of aldehydes is 2. The zero-order valence-electron chi connectivity index (χ0n) is 17.0. The van der Waals surface area contributed by atoms with Gasteiger partial charge in [-0.25, -0.2) is 4.39 Å². The average Bonchev–Trinajstić information content (AvgIpc) is 2.81. The van der Waals surface area contributed by atoms with Crippen molar-refractivity contribution in [1.82, 2.24) is 5.32 Å². The third-order valence-electron chi connectivity index (χ3n) is 4.35. The predicted molar refractivity (Wildman–Crippen MR) is 120 cm³/mol. The Labute approximate surface area is 191 Å². The van der Waals surface area contributed by atoms with Gasteiger partial charge in [-0.1, -0.05) is 23.2 Å². The highest BCUT2D eigenvalue weighted by atomic mass is 35.5. The number of ether oxygens (including phenoxy) is 2. The quantitative estimate of drug-likeness (QED) is 0.686. The Morgan fingerprint density at radius 1 is 0.871 bits per heavy atom. The van der Waals surface area contributed by atoms with Gasteiger partial charge in [0.15, 0.2) is 6.29 Å². The van der Waals surface area contributed by atoms with Gasteiger partial charge in [0.2, 0.25) is 0 Å². The van der Waals surface area contributed by atoms with E-state index in [1.165, 1.54) is 12.1 Å². The van der Waals surface area contributed by atoms with Crippen molar-refractivity contribution in [1.29, 1.82) is 0 Å². The van der Waals surface area contributed by atoms with Crippen molar-refractivity contribution in [2.45, 2.75) is 0 Å². The van der Waals surface area contributed by atoms with Crippen LogP contribution in [0.3, 0.4) is 0 Å². The Kier molecular flexibility index (Phi) is 11.5. The zero-order valence-corrected chi connectivity index (χ0v) is 18.5. The van der Waals surface area contributed by atoms with Crippen molar-refractivity contribution in [3.63, 3.8) is 0 Å². The highest BCUT2D eigenvalue weighted by molar-refractivity contribution is 6.31. The third-order valence-corrected chi connectivity index (χ3v) is 4.81. The lowest BCUT2D eigenvalue weighted by Crippen LogP contribution is -2.36. The van der Waals surface area contributed by atoms with Gasteiger partial charge in [-0.15, -0.1) is 0 Å². The van der Waals surface area contributed by atoms with Crippen molar-refractivity contribution in [3.05, 3.63) is 63.4 Å². The van der Waals surface area contributed by atoms with Gasteiger partial charge in [-0.05, 0) is 36.4 Å².